The first kappa shape index (κ1) is 19.3. The summed E-state index contributed by atoms with van der Waals surface area (Å²) in [5.74, 6) is -0.0508. The molecule has 2 heterocycles. The maximum atomic E-state index is 13.6. The van der Waals surface area contributed by atoms with Gasteiger partial charge in [0.25, 0.3) is 5.91 Å². The monoisotopic (exact) mass is 394 g/mol. The van der Waals surface area contributed by atoms with Crippen molar-refractivity contribution in [1.82, 2.24) is 14.8 Å². The molecular weight excluding hydrogens is 371 g/mol. The van der Waals surface area contributed by atoms with E-state index in [2.05, 4.69) is 9.88 Å². The van der Waals surface area contributed by atoms with Gasteiger partial charge in [0.2, 0.25) is 0 Å². The topological polar surface area (TPSA) is 82.7 Å². The minimum Gasteiger partial charge on any atom is -0.395 e. The van der Waals surface area contributed by atoms with Gasteiger partial charge in [0.05, 0.1) is 12.2 Å². The molecule has 3 aromatic rings. The number of halogens is 1. The Morgan fingerprint density at radius 1 is 1.07 bits per heavy atom. The van der Waals surface area contributed by atoms with Gasteiger partial charge in [-0.1, -0.05) is 24.3 Å². The molecule has 29 heavy (non-hydrogen) atoms. The Morgan fingerprint density at radius 3 is 2.55 bits per heavy atom. The number of pyridine rings is 1. The number of fused-ring (bicyclic) bond motifs is 1. The molecule has 1 aliphatic rings. The van der Waals surface area contributed by atoms with Crippen molar-refractivity contribution in [1.29, 1.82) is 0 Å². The maximum Gasteiger partial charge on any atom is 0.256 e. The second-order valence-corrected chi connectivity index (χ2v) is 7.19. The lowest BCUT2D eigenvalue weighted by Gasteiger charge is -2.34. The molecule has 0 aliphatic carbocycles. The fourth-order valence-corrected chi connectivity index (χ4v) is 3.77. The second kappa shape index (κ2) is 8.14. The molecular formula is C22H23FN4O2. The zero-order chi connectivity index (χ0) is 20.4. The molecule has 6 nitrogen and oxygen atoms in total. The summed E-state index contributed by atoms with van der Waals surface area (Å²) >= 11 is 0. The van der Waals surface area contributed by atoms with E-state index in [9.17, 15) is 9.18 Å². The van der Waals surface area contributed by atoms with Crippen molar-refractivity contribution in [3.8, 4) is 11.1 Å². The molecule has 1 aromatic heterocycles. The Bertz CT molecular complexity index is 1050. The van der Waals surface area contributed by atoms with Crippen molar-refractivity contribution >= 4 is 22.5 Å². The van der Waals surface area contributed by atoms with Crippen LogP contribution in [0.2, 0.25) is 0 Å². The number of hydrogen-bond acceptors (Lipinski definition) is 5. The lowest BCUT2D eigenvalue weighted by atomic mass is 9.99. The Balaban J connectivity index is 1.66. The molecule has 0 spiro atoms. The van der Waals surface area contributed by atoms with E-state index in [4.69, 9.17) is 10.8 Å². The predicted octanol–water partition coefficient (Wildman–Crippen LogP) is 2.37. The first-order valence-corrected chi connectivity index (χ1v) is 9.63. The highest BCUT2D eigenvalue weighted by atomic mass is 19.1. The van der Waals surface area contributed by atoms with Crippen molar-refractivity contribution in [2.75, 3.05) is 45.1 Å². The van der Waals surface area contributed by atoms with Gasteiger partial charge in [-0.3, -0.25) is 9.69 Å². The number of aromatic nitrogens is 1. The summed E-state index contributed by atoms with van der Waals surface area (Å²) in [6.45, 7) is 3.41. The van der Waals surface area contributed by atoms with Gasteiger partial charge in [-0.05, 0) is 34.7 Å². The summed E-state index contributed by atoms with van der Waals surface area (Å²) < 4.78 is 13.6. The molecule has 1 aliphatic heterocycles. The molecule has 0 atom stereocenters. The molecule has 1 fully saturated rings. The maximum absolute atomic E-state index is 13.6. The molecule has 7 heteroatoms. The summed E-state index contributed by atoms with van der Waals surface area (Å²) in [5, 5.41) is 10.5. The Labute approximate surface area is 168 Å². The number of aliphatic hydroxyl groups is 1. The van der Waals surface area contributed by atoms with Crippen molar-refractivity contribution < 1.29 is 14.3 Å². The molecule has 150 valence electrons. The number of hydrogen-bond donors (Lipinski definition) is 2. The molecule has 0 unspecified atom stereocenters. The smallest absolute Gasteiger partial charge is 0.256 e. The Morgan fingerprint density at radius 2 is 1.83 bits per heavy atom. The van der Waals surface area contributed by atoms with Crippen LogP contribution in [0.25, 0.3) is 21.9 Å². The third-order valence-electron chi connectivity index (χ3n) is 5.38. The van der Waals surface area contributed by atoms with Gasteiger partial charge in [0.1, 0.15) is 11.6 Å². The lowest BCUT2D eigenvalue weighted by molar-refractivity contribution is 0.0616. The standard InChI is InChI=1S/C22H23FN4O2/c23-17-3-1-2-15(12-17)16-4-5-18-19(13-16)21(24)25-14-20(18)22(29)27-8-6-26(7-9-27)10-11-28/h1-5,12-14,28H,6-11H2,(H2,24,25). The van der Waals surface area contributed by atoms with E-state index in [1.165, 1.54) is 18.3 Å². The molecule has 0 radical (unpaired) electrons. The van der Waals surface area contributed by atoms with Crippen LogP contribution in [0.1, 0.15) is 10.4 Å². The number of nitrogen functional groups attached to an aromatic ring is 1. The normalized spacial score (nSPS) is 15.0. The van der Waals surface area contributed by atoms with Gasteiger partial charge in [0.15, 0.2) is 0 Å². The number of carbonyl (C=O) groups is 1. The van der Waals surface area contributed by atoms with Crippen molar-refractivity contribution in [3.63, 3.8) is 0 Å². The molecule has 3 N–H and O–H groups in total. The van der Waals surface area contributed by atoms with Crippen LogP contribution in [0, 0.1) is 5.82 Å². The number of nitrogens with zero attached hydrogens (tertiary/aromatic N) is 3. The fourth-order valence-electron chi connectivity index (χ4n) is 3.77. The number of anilines is 1. The summed E-state index contributed by atoms with van der Waals surface area (Å²) in [6, 6.07) is 11.9. The summed E-state index contributed by atoms with van der Waals surface area (Å²) in [7, 11) is 0. The number of amides is 1. The number of benzene rings is 2. The molecule has 0 saturated carbocycles. The van der Waals surface area contributed by atoms with Gasteiger partial charge >= 0.3 is 0 Å². The van der Waals surface area contributed by atoms with E-state index in [0.717, 1.165) is 29.6 Å². The molecule has 1 amide bonds. The van der Waals surface area contributed by atoms with E-state index in [1.807, 2.05) is 24.3 Å². The van der Waals surface area contributed by atoms with Crippen LogP contribution in [-0.2, 0) is 0 Å². The van der Waals surface area contributed by atoms with Crippen molar-refractivity contribution in [2.45, 2.75) is 0 Å². The van der Waals surface area contributed by atoms with Gasteiger partial charge in [-0.2, -0.15) is 0 Å². The van der Waals surface area contributed by atoms with Gasteiger partial charge in [-0.15, -0.1) is 0 Å². The molecule has 2 aromatic carbocycles. The quantitative estimate of drug-likeness (QED) is 0.710. The zero-order valence-electron chi connectivity index (χ0n) is 16.0. The Hall–Kier alpha value is -3.03. The number of carbonyl (C=O) groups excluding carboxylic acids is 1. The first-order valence-electron chi connectivity index (χ1n) is 9.63. The van der Waals surface area contributed by atoms with Gasteiger partial charge in [-0.25, -0.2) is 9.37 Å². The van der Waals surface area contributed by atoms with Crippen LogP contribution in [-0.4, -0.2) is 65.1 Å². The Kier molecular flexibility index (Phi) is 5.42. The van der Waals surface area contributed by atoms with E-state index in [0.29, 0.717) is 36.4 Å². The summed E-state index contributed by atoms with van der Waals surface area (Å²) in [6.07, 6.45) is 1.53. The third-order valence-corrected chi connectivity index (χ3v) is 5.38. The molecule has 1 saturated heterocycles. The van der Waals surface area contributed by atoms with E-state index >= 15 is 0 Å². The average Bonchev–Trinajstić information content (AvgIpc) is 2.74. The van der Waals surface area contributed by atoms with Crippen LogP contribution < -0.4 is 5.73 Å². The van der Waals surface area contributed by atoms with Gasteiger partial charge < -0.3 is 15.7 Å². The largest absolute Gasteiger partial charge is 0.395 e. The fraction of sp³-hybridized carbons (Fsp3) is 0.273. The van der Waals surface area contributed by atoms with E-state index in [-0.39, 0.29) is 18.3 Å². The minimum atomic E-state index is -0.307. The van der Waals surface area contributed by atoms with Crippen molar-refractivity contribution in [2.24, 2.45) is 0 Å². The number of piperazine rings is 1. The van der Waals surface area contributed by atoms with E-state index < -0.39 is 0 Å². The SMILES string of the molecule is Nc1ncc(C(=O)N2CCN(CCO)CC2)c2ccc(-c3cccc(F)c3)cc12. The summed E-state index contributed by atoms with van der Waals surface area (Å²) in [5.41, 5.74) is 8.15. The van der Waals surface area contributed by atoms with Crippen molar-refractivity contribution in [3.05, 3.63) is 60.0 Å². The molecule has 0 bridgehead atoms. The average molecular weight is 394 g/mol. The first-order chi connectivity index (χ1) is 14.1. The van der Waals surface area contributed by atoms with E-state index in [1.54, 1.807) is 11.0 Å². The molecule has 4 rings (SSSR count). The number of nitrogens with two attached hydrogens (primary N) is 1. The van der Waals surface area contributed by atoms with Crippen LogP contribution in [0.5, 0.6) is 0 Å². The predicted molar refractivity (Wildman–Crippen MR) is 111 cm³/mol. The highest BCUT2D eigenvalue weighted by molar-refractivity contribution is 6.09. The zero-order valence-corrected chi connectivity index (χ0v) is 16.0. The number of β-amino-alcohol motifs (C(OH)–C–C–N with tert-alkyl or cyclic N) is 1. The van der Waals surface area contributed by atoms with Crippen LogP contribution in [0.15, 0.2) is 48.7 Å². The van der Waals surface area contributed by atoms with Crippen LogP contribution >= 0.6 is 0 Å². The van der Waals surface area contributed by atoms with Crippen LogP contribution in [0.4, 0.5) is 10.2 Å². The minimum absolute atomic E-state index is 0.0790. The van der Waals surface area contributed by atoms with Crippen LogP contribution in [0.3, 0.4) is 0 Å². The highest BCUT2D eigenvalue weighted by Crippen LogP contribution is 2.30. The lowest BCUT2D eigenvalue weighted by Crippen LogP contribution is -2.49. The number of rotatable bonds is 4. The summed E-state index contributed by atoms with van der Waals surface area (Å²) in [4.78, 5) is 21.3. The third kappa shape index (κ3) is 3.92. The van der Waals surface area contributed by atoms with Gasteiger partial charge in [0, 0.05) is 44.3 Å². The second-order valence-electron chi connectivity index (χ2n) is 7.19. The highest BCUT2D eigenvalue weighted by Gasteiger charge is 2.24. The number of aliphatic hydroxyl groups excluding tert-OH is 1.